The minimum absolute atomic E-state index is 0.158. The van der Waals surface area contributed by atoms with E-state index in [4.69, 9.17) is 4.74 Å². The number of halogens is 3. The predicted octanol–water partition coefficient (Wildman–Crippen LogP) is 7.13. The van der Waals surface area contributed by atoms with Gasteiger partial charge < -0.3 is 4.74 Å². The summed E-state index contributed by atoms with van der Waals surface area (Å²) in [5, 5.41) is 0. The third-order valence-corrected chi connectivity index (χ3v) is 11.7. The van der Waals surface area contributed by atoms with Gasteiger partial charge in [-0.1, -0.05) is 33.6 Å². The summed E-state index contributed by atoms with van der Waals surface area (Å²) in [7, 11) is 0. The van der Waals surface area contributed by atoms with E-state index in [1.807, 2.05) is 0 Å². The molecule has 10 atom stereocenters. The third-order valence-electron chi connectivity index (χ3n) is 11.7. The fraction of sp³-hybridized carbons (Fsp3) is 0.920. The average molecular weight is 409 g/mol. The van der Waals surface area contributed by atoms with Gasteiger partial charge in [-0.15, -0.1) is 0 Å². The molecule has 29 heavy (non-hydrogen) atoms. The molecule has 6 rings (SSSR count). The highest BCUT2D eigenvalue weighted by Crippen LogP contribution is 2.88. The molecule has 2 spiro atoms. The first-order valence-electron chi connectivity index (χ1n) is 12.1. The summed E-state index contributed by atoms with van der Waals surface area (Å²) in [6, 6.07) is 0. The molecule has 4 heteroatoms. The van der Waals surface area contributed by atoms with Crippen molar-refractivity contribution in [3.63, 3.8) is 0 Å². The van der Waals surface area contributed by atoms with E-state index in [0.29, 0.717) is 29.1 Å². The molecule has 0 aromatic carbocycles. The normalized spacial score (nSPS) is 58.0. The molecule has 0 saturated heterocycles. The Balaban J connectivity index is 1.33. The minimum Gasteiger partial charge on any atom is -0.486 e. The number of allylic oxidation sites excluding steroid dienone is 2. The molecule has 5 fully saturated rings. The summed E-state index contributed by atoms with van der Waals surface area (Å²) in [4.78, 5) is 0. The predicted molar refractivity (Wildman–Crippen MR) is 106 cm³/mol. The lowest BCUT2D eigenvalue weighted by atomic mass is 9.48. The quantitative estimate of drug-likeness (QED) is 0.414. The lowest BCUT2D eigenvalue weighted by Gasteiger charge is -2.56. The van der Waals surface area contributed by atoms with Gasteiger partial charge in [0.15, 0.2) is 5.76 Å². The Bertz CT molecular complexity index is 758. The molecule has 1 heterocycles. The molecule has 7 unspecified atom stereocenters. The van der Waals surface area contributed by atoms with Crippen LogP contribution in [-0.2, 0) is 4.74 Å². The van der Waals surface area contributed by atoms with E-state index in [1.54, 1.807) is 0 Å². The summed E-state index contributed by atoms with van der Waals surface area (Å²) in [6.45, 7) is 7.42. The number of ether oxygens (including phenoxy) is 1. The Morgan fingerprint density at radius 1 is 0.931 bits per heavy atom. The fourth-order valence-corrected chi connectivity index (χ4v) is 10.7. The summed E-state index contributed by atoms with van der Waals surface area (Å²) in [5.41, 5.74) is 1.20. The molecule has 0 aromatic rings. The molecular formula is C25H35F3O. The van der Waals surface area contributed by atoms with Crippen molar-refractivity contribution in [2.75, 3.05) is 0 Å². The molecule has 0 aromatic heterocycles. The number of hydrogen-bond acceptors (Lipinski definition) is 1. The van der Waals surface area contributed by atoms with Crippen LogP contribution < -0.4 is 0 Å². The zero-order valence-corrected chi connectivity index (χ0v) is 18.0. The number of rotatable bonds is 0. The summed E-state index contributed by atoms with van der Waals surface area (Å²) < 4.78 is 45.5. The van der Waals surface area contributed by atoms with Crippen molar-refractivity contribution in [2.45, 2.75) is 90.8 Å². The summed E-state index contributed by atoms with van der Waals surface area (Å²) >= 11 is 0. The van der Waals surface area contributed by atoms with Crippen molar-refractivity contribution in [3.05, 3.63) is 11.8 Å². The fourth-order valence-electron chi connectivity index (χ4n) is 10.7. The van der Waals surface area contributed by atoms with Gasteiger partial charge in [0.25, 0.3) is 0 Å². The van der Waals surface area contributed by atoms with E-state index >= 15 is 0 Å². The lowest BCUT2D eigenvalue weighted by Crippen LogP contribution is -2.49. The van der Waals surface area contributed by atoms with E-state index < -0.39 is 11.9 Å². The van der Waals surface area contributed by atoms with Gasteiger partial charge in [0.1, 0.15) is 6.10 Å². The van der Waals surface area contributed by atoms with Crippen molar-refractivity contribution in [2.24, 2.45) is 51.8 Å². The highest BCUT2D eigenvalue weighted by Gasteiger charge is 2.83. The molecule has 0 N–H and O–H groups in total. The van der Waals surface area contributed by atoms with E-state index in [2.05, 4.69) is 20.8 Å². The first kappa shape index (κ1) is 19.0. The van der Waals surface area contributed by atoms with Crippen LogP contribution >= 0.6 is 0 Å². The van der Waals surface area contributed by atoms with Crippen LogP contribution in [0.25, 0.3) is 0 Å². The lowest BCUT2D eigenvalue weighted by molar-refractivity contribution is -0.150. The van der Waals surface area contributed by atoms with Crippen LogP contribution in [0.5, 0.6) is 0 Å². The van der Waals surface area contributed by atoms with Crippen LogP contribution in [0.15, 0.2) is 11.8 Å². The van der Waals surface area contributed by atoms with Gasteiger partial charge in [-0.2, -0.15) is 13.2 Å². The highest BCUT2D eigenvalue weighted by molar-refractivity contribution is 5.31. The van der Waals surface area contributed by atoms with Crippen molar-refractivity contribution < 1.29 is 17.9 Å². The molecule has 5 aliphatic carbocycles. The number of fused-ring (bicyclic) bond motifs is 4. The van der Waals surface area contributed by atoms with Gasteiger partial charge >= 0.3 is 6.18 Å². The second kappa shape index (κ2) is 5.57. The maximum Gasteiger partial charge on any atom is 0.448 e. The number of alkyl halides is 3. The monoisotopic (exact) mass is 408 g/mol. The van der Waals surface area contributed by atoms with Crippen molar-refractivity contribution >= 4 is 0 Å². The molecule has 0 radical (unpaired) electrons. The Morgan fingerprint density at radius 3 is 2.41 bits per heavy atom. The van der Waals surface area contributed by atoms with Crippen LogP contribution in [0.1, 0.15) is 78.6 Å². The van der Waals surface area contributed by atoms with Crippen molar-refractivity contribution in [3.8, 4) is 0 Å². The van der Waals surface area contributed by atoms with Crippen molar-refractivity contribution in [1.82, 2.24) is 0 Å². The molecule has 6 aliphatic rings. The maximum atomic E-state index is 13.3. The maximum absolute atomic E-state index is 13.3. The zero-order chi connectivity index (χ0) is 20.4. The molecule has 1 nitrogen and oxygen atoms in total. The van der Waals surface area contributed by atoms with E-state index in [1.165, 1.54) is 51.0 Å². The first-order valence-corrected chi connectivity index (χ1v) is 12.1. The molecule has 1 aliphatic heterocycles. The van der Waals surface area contributed by atoms with Crippen LogP contribution in [0.2, 0.25) is 0 Å². The largest absolute Gasteiger partial charge is 0.486 e. The van der Waals surface area contributed by atoms with Gasteiger partial charge in [-0.25, -0.2) is 0 Å². The van der Waals surface area contributed by atoms with Gasteiger partial charge in [0.05, 0.1) is 0 Å². The topological polar surface area (TPSA) is 9.23 Å². The second-order valence-electron chi connectivity index (χ2n) is 11.9. The Kier molecular flexibility index (Phi) is 3.66. The van der Waals surface area contributed by atoms with Crippen LogP contribution in [0.3, 0.4) is 0 Å². The molecule has 162 valence electrons. The van der Waals surface area contributed by atoms with Crippen LogP contribution in [0.4, 0.5) is 13.2 Å². The van der Waals surface area contributed by atoms with Gasteiger partial charge in [0, 0.05) is 5.92 Å². The Morgan fingerprint density at radius 2 is 1.66 bits per heavy atom. The molecular weight excluding hydrogens is 373 g/mol. The van der Waals surface area contributed by atoms with Gasteiger partial charge in [0.2, 0.25) is 0 Å². The van der Waals surface area contributed by atoms with Crippen LogP contribution in [0, 0.1) is 51.8 Å². The van der Waals surface area contributed by atoms with Crippen molar-refractivity contribution in [1.29, 1.82) is 0 Å². The Labute approximate surface area is 172 Å². The molecule has 5 saturated carbocycles. The smallest absolute Gasteiger partial charge is 0.448 e. The molecule has 0 amide bonds. The Hall–Kier alpha value is -0.670. The average Bonchev–Trinajstić information content (AvgIpc) is 3.04. The summed E-state index contributed by atoms with van der Waals surface area (Å²) in [6.07, 6.45) is 7.53. The van der Waals surface area contributed by atoms with Gasteiger partial charge in [-0.05, 0) is 96.9 Å². The van der Waals surface area contributed by atoms with E-state index in [9.17, 15) is 13.2 Å². The van der Waals surface area contributed by atoms with E-state index in [0.717, 1.165) is 24.2 Å². The standard InChI is InChI=1S/C25H35F3O/c1-14-5-4-10-23-15(2)24(23)12-11-22(3)18-8-9-21(25(26,27)28)29-20(18)13-19(22)17(24)7-6-16(14)23/h9,14-20H,4-8,10-13H2,1-3H3/t14?,15-,16?,17?,18?,19?,20?,22-,23?,24+/m1/s1. The third kappa shape index (κ3) is 2.06. The molecule has 0 bridgehead atoms. The zero-order valence-electron chi connectivity index (χ0n) is 18.0. The van der Waals surface area contributed by atoms with Crippen LogP contribution in [-0.4, -0.2) is 12.3 Å². The first-order chi connectivity index (χ1) is 13.7. The SMILES string of the molecule is CC1CCCC23C1CCC1C4CC5OC(C(F)(F)F)=CCC5[C@@]4(C)CC[C@]12[C@@H]3C. The van der Waals surface area contributed by atoms with Gasteiger partial charge in [-0.3, -0.25) is 0 Å². The van der Waals surface area contributed by atoms with E-state index in [-0.39, 0.29) is 17.4 Å². The number of hydrogen-bond donors (Lipinski definition) is 0. The minimum atomic E-state index is -4.34. The highest BCUT2D eigenvalue weighted by atomic mass is 19.4. The summed E-state index contributed by atoms with van der Waals surface area (Å²) in [5.74, 6) is 3.36. The second-order valence-corrected chi connectivity index (χ2v) is 11.9.